The minimum atomic E-state index is -4.35. The quantitative estimate of drug-likeness (QED) is 0.862. The third kappa shape index (κ3) is 3.02. The van der Waals surface area contributed by atoms with Crippen LogP contribution < -0.4 is 4.72 Å². The fraction of sp³-hybridized carbons (Fsp3) is 0.300. The topological polar surface area (TPSA) is 83.5 Å². The minimum absolute atomic E-state index is 0.0558. The predicted molar refractivity (Wildman–Crippen MR) is 58.5 cm³/mol. The highest BCUT2D eigenvalue weighted by atomic mass is 32.2. The van der Waals surface area contributed by atoms with Crippen LogP contribution in [0.4, 0.5) is 8.78 Å². The second kappa shape index (κ2) is 4.99. The Balaban J connectivity index is 3.21. The van der Waals surface area contributed by atoms with Crippen molar-refractivity contribution in [3.05, 3.63) is 29.3 Å². The zero-order chi connectivity index (χ0) is 14.1. The van der Waals surface area contributed by atoms with Gasteiger partial charge in [-0.05, 0) is 25.5 Å². The van der Waals surface area contributed by atoms with Gasteiger partial charge in [0.25, 0.3) is 0 Å². The average molecular weight is 279 g/mol. The molecule has 100 valence electrons. The zero-order valence-corrected chi connectivity index (χ0v) is 10.4. The lowest BCUT2D eigenvalue weighted by Gasteiger charge is -2.11. The first kappa shape index (κ1) is 14.5. The van der Waals surface area contributed by atoms with E-state index in [9.17, 15) is 22.0 Å². The summed E-state index contributed by atoms with van der Waals surface area (Å²) in [5.74, 6) is -3.56. The predicted octanol–water partition coefficient (Wildman–Crippen LogP) is 1.02. The van der Waals surface area contributed by atoms with E-state index in [-0.39, 0.29) is 5.56 Å². The Morgan fingerprint density at radius 2 is 1.89 bits per heavy atom. The lowest BCUT2D eigenvalue weighted by atomic mass is 10.2. The van der Waals surface area contributed by atoms with Gasteiger partial charge in [-0.2, -0.15) is 4.72 Å². The van der Waals surface area contributed by atoms with E-state index in [0.29, 0.717) is 6.07 Å². The van der Waals surface area contributed by atoms with E-state index in [2.05, 4.69) is 0 Å². The SMILES string of the molecule is Cc1cc(S(=O)(=O)N[C@H](C)C(=O)O)c(F)cc1F. The number of carboxylic acids is 1. The molecular formula is C10H11F2NO4S. The van der Waals surface area contributed by atoms with Crippen LogP contribution in [0.5, 0.6) is 0 Å². The highest BCUT2D eigenvalue weighted by Crippen LogP contribution is 2.19. The van der Waals surface area contributed by atoms with Crippen molar-refractivity contribution in [1.29, 1.82) is 0 Å². The molecule has 2 N–H and O–H groups in total. The molecule has 0 aliphatic heterocycles. The van der Waals surface area contributed by atoms with Gasteiger partial charge < -0.3 is 5.11 Å². The maximum absolute atomic E-state index is 13.4. The maximum Gasteiger partial charge on any atom is 0.321 e. The molecule has 0 aromatic heterocycles. The molecule has 0 bridgehead atoms. The first-order valence-electron chi connectivity index (χ1n) is 4.86. The standard InChI is InChI=1S/C10H11F2NO4S/c1-5-3-9(8(12)4-7(5)11)18(16,17)13-6(2)10(14)15/h3-4,6,13H,1-2H3,(H,14,15)/t6-/m1/s1. The largest absolute Gasteiger partial charge is 0.480 e. The summed E-state index contributed by atoms with van der Waals surface area (Å²) in [6, 6.07) is -0.170. The highest BCUT2D eigenvalue weighted by Gasteiger charge is 2.25. The summed E-state index contributed by atoms with van der Waals surface area (Å²) in [6.07, 6.45) is 0. The number of benzene rings is 1. The summed E-state index contributed by atoms with van der Waals surface area (Å²) in [4.78, 5) is 9.75. The van der Waals surface area contributed by atoms with Crippen LogP contribution in [0.3, 0.4) is 0 Å². The van der Waals surface area contributed by atoms with E-state index in [1.165, 1.54) is 6.92 Å². The van der Waals surface area contributed by atoms with Crippen molar-refractivity contribution in [3.63, 3.8) is 0 Å². The molecule has 1 aromatic carbocycles. The van der Waals surface area contributed by atoms with Gasteiger partial charge in [0.1, 0.15) is 22.6 Å². The molecule has 0 saturated heterocycles. The molecule has 0 aliphatic carbocycles. The van der Waals surface area contributed by atoms with Crippen LogP contribution >= 0.6 is 0 Å². The third-order valence-electron chi connectivity index (χ3n) is 2.21. The van der Waals surface area contributed by atoms with E-state index in [0.717, 1.165) is 13.0 Å². The highest BCUT2D eigenvalue weighted by molar-refractivity contribution is 7.89. The van der Waals surface area contributed by atoms with Crippen LogP contribution in [0.2, 0.25) is 0 Å². The van der Waals surface area contributed by atoms with Gasteiger partial charge in [-0.1, -0.05) is 0 Å². The van der Waals surface area contributed by atoms with Crippen molar-refractivity contribution in [2.45, 2.75) is 24.8 Å². The summed E-state index contributed by atoms with van der Waals surface area (Å²) in [6.45, 7) is 2.36. The van der Waals surface area contributed by atoms with E-state index in [1.54, 1.807) is 4.72 Å². The van der Waals surface area contributed by atoms with Gasteiger partial charge in [-0.25, -0.2) is 17.2 Å². The van der Waals surface area contributed by atoms with Gasteiger partial charge in [-0.15, -0.1) is 0 Å². The van der Waals surface area contributed by atoms with Crippen molar-refractivity contribution < 1.29 is 27.1 Å². The first-order chi connectivity index (χ1) is 8.15. The fourth-order valence-corrected chi connectivity index (χ4v) is 2.52. The summed E-state index contributed by atoms with van der Waals surface area (Å²) in [5.41, 5.74) is -0.0558. The Labute approximate surface area is 102 Å². The van der Waals surface area contributed by atoms with Crippen molar-refractivity contribution in [1.82, 2.24) is 4.72 Å². The molecular weight excluding hydrogens is 268 g/mol. The lowest BCUT2D eigenvalue weighted by molar-refractivity contribution is -0.138. The number of nitrogens with one attached hydrogen (secondary N) is 1. The molecule has 5 nitrogen and oxygen atoms in total. The Morgan fingerprint density at radius 1 is 1.33 bits per heavy atom. The summed E-state index contributed by atoms with van der Waals surface area (Å²) >= 11 is 0. The molecule has 0 fully saturated rings. The summed E-state index contributed by atoms with van der Waals surface area (Å²) in [5, 5.41) is 8.58. The van der Waals surface area contributed by atoms with Crippen LogP contribution in [0, 0.1) is 18.6 Å². The number of carboxylic acid groups (broad SMARTS) is 1. The first-order valence-corrected chi connectivity index (χ1v) is 6.34. The minimum Gasteiger partial charge on any atom is -0.480 e. The number of carbonyl (C=O) groups is 1. The second-order valence-electron chi connectivity index (χ2n) is 3.71. The van der Waals surface area contributed by atoms with Crippen LogP contribution in [0.15, 0.2) is 17.0 Å². The van der Waals surface area contributed by atoms with Crippen LogP contribution in [-0.4, -0.2) is 25.5 Å². The smallest absolute Gasteiger partial charge is 0.321 e. The Kier molecular flexibility index (Phi) is 4.02. The van der Waals surface area contributed by atoms with Crippen LogP contribution in [0.1, 0.15) is 12.5 Å². The average Bonchev–Trinajstić information content (AvgIpc) is 2.22. The maximum atomic E-state index is 13.4. The molecule has 0 spiro atoms. The molecule has 18 heavy (non-hydrogen) atoms. The number of aryl methyl sites for hydroxylation is 1. The third-order valence-corrected chi connectivity index (χ3v) is 3.76. The normalized spacial score (nSPS) is 13.3. The van der Waals surface area contributed by atoms with E-state index in [4.69, 9.17) is 5.11 Å². The number of sulfonamides is 1. The van der Waals surface area contributed by atoms with Crippen molar-refractivity contribution in [2.24, 2.45) is 0 Å². The molecule has 8 heteroatoms. The van der Waals surface area contributed by atoms with Gasteiger partial charge in [0.05, 0.1) is 0 Å². The fourth-order valence-electron chi connectivity index (χ4n) is 1.18. The van der Waals surface area contributed by atoms with Crippen molar-refractivity contribution >= 4 is 16.0 Å². The molecule has 0 heterocycles. The summed E-state index contributed by atoms with van der Waals surface area (Å²) < 4.78 is 51.5. The molecule has 0 amide bonds. The number of hydrogen-bond acceptors (Lipinski definition) is 3. The van der Waals surface area contributed by atoms with E-state index < -0.39 is 38.6 Å². The van der Waals surface area contributed by atoms with Crippen molar-refractivity contribution in [3.8, 4) is 0 Å². The molecule has 1 rings (SSSR count). The number of hydrogen-bond donors (Lipinski definition) is 2. The number of halogens is 2. The van der Waals surface area contributed by atoms with Gasteiger partial charge in [0.2, 0.25) is 10.0 Å². The van der Waals surface area contributed by atoms with Gasteiger partial charge in [0, 0.05) is 6.07 Å². The number of rotatable bonds is 4. The second-order valence-corrected chi connectivity index (χ2v) is 5.40. The molecule has 0 unspecified atom stereocenters. The van der Waals surface area contributed by atoms with E-state index >= 15 is 0 Å². The van der Waals surface area contributed by atoms with Crippen LogP contribution in [0.25, 0.3) is 0 Å². The molecule has 0 saturated carbocycles. The Morgan fingerprint density at radius 3 is 2.39 bits per heavy atom. The Bertz CT molecular complexity index is 586. The van der Waals surface area contributed by atoms with Gasteiger partial charge >= 0.3 is 5.97 Å². The molecule has 1 atom stereocenters. The monoisotopic (exact) mass is 279 g/mol. The van der Waals surface area contributed by atoms with E-state index in [1.807, 2.05) is 0 Å². The van der Waals surface area contributed by atoms with Gasteiger partial charge in [0.15, 0.2) is 0 Å². The van der Waals surface area contributed by atoms with Crippen molar-refractivity contribution in [2.75, 3.05) is 0 Å². The molecule has 0 radical (unpaired) electrons. The lowest BCUT2D eigenvalue weighted by Crippen LogP contribution is -2.38. The molecule has 0 aliphatic rings. The Hall–Kier alpha value is -1.54. The number of aliphatic carboxylic acids is 1. The molecule has 1 aromatic rings. The van der Waals surface area contributed by atoms with Crippen LogP contribution in [-0.2, 0) is 14.8 Å². The summed E-state index contributed by atoms with van der Waals surface area (Å²) in [7, 11) is -4.35. The van der Waals surface area contributed by atoms with Gasteiger partial charge in [-0.3, -0.25) is 4.79 Å². The zero-order valence-electron chi connectivity index (χ0n) is 9.57.